The molecule has 0 unspecified atom stereocenters. The van der Waals surface area contributed by atoms with Gasteiger partial charge in [0.05, 0.1) is 37.0 Å². The lowest BCUT2D eigenvalue weighted by Crippen LogP contribution is -2.28. The smallest absolute Gasteiger partial charge is 0.306 e. The van der Waals surface area contributed by atoms with Crippen LogP contribution >= 0.6 is 11.3 Å². The number of carboxylic acid groups (broad SMARTS) is 2. The van der Waals surface area contributed by atoms with E-state index in [1.165, 1.54) is 31.9 Å². The number of ether oxygens (including phenoxy) is 3. The molecular weight excluding hydrogens is 585 g/mol. The van der Waals surface area contributed by atoms with Crippen LogP contribution in [0.2, 0.25) is 0 Å². The van der Waals surface area contributed by atoms with E-state index < -0.39 is 29.6 Å². The minimum Gasteiger partial charge on any atom is -0.504 e. The van der Waals surface area contributed by atoms with E-state index in [9.17, 15) is 24.3 Å². The normalized spacial score (nSPS) is 13.8. The van der Waals surface area contributed by atoms with Gasteiger partial charge in [0.1, 0.15) is 0 Å². The standard InChI is InChI=1S/C30H32FNO10S/c1-15(29(36)37)7-21(34)25-11-17-9-22(20(33)12-24(17)43-25)41-5-4-6-42-23-10-18-13-32(26(35)8-16(2)30(38)39)14-19(18)27(31)28(23)40-3/h9-12,15-16,33H,4-8,13-14H2,1-3H3,(H,36,37)(H,38,39)/t15-,16-/m0/s1. The Morgan fingerprint density at radius 2 is 1.60 bits per heavy atom. The van der Waals surface area contributed by atoms with Crippen molar-refractivity contribution in [1.82, 2.24) is 4.90 Å². The highest BCUT2D eigenvalue weighted by Gasteiger charge is 2.31. The van der Waals surface area contributed by atoms with Gasteiger partial charge in [-0.15, -0.1) is 11.3 Å². The van der Waals surface area contributed by atoms with Gasteiger partial charge in [-0.2, -0.15) is 0 Å². The maximum Gasteiger partial charge on any atom is 0.306 e. The average Bonchev–Trinajstić information content (AvgIpc) is 3.57. The molecule has 11 nitrogen and oxygen atoms in total. The number of hydrogen-bond acceptors (Lipinski definition) is 9. The summed E-state index contributed by atoms with van der Waals surface area (Å²) in [7, 11) is 1.31. The number of carbonyl (C=O) groups excluding carboxylic acids is 2. The monoisotopic (exact) mass is 617 g/mol. The molecule has 2 heterocycles. The number of Topliss-reactive ketones (excluding diaryl/α,β-unsaturated/α-hetero) is 1. The van der Waals surface area contributed by atoms with Gasteiger partial charge < -0.3 is 34.4 Å². The van der Waals surface area contributed by atoms with Crippen LogP contribution in [0.1, 0.15) is 53.9 Å². The van der Waals surface area contributed by atoms with Crippen LogP contribution in [0, 0.1) is 17.7 Å². The lowest BCUT2D eigenvalue weighted by atomic mass is 10.0. The molecule has 4 rings (SSSR count). The molecule has 230 valence electrons. The predicted octanol–water partition coefficient (Wildman–Crippen LogP) is 4.85. The fourth-order valence-corrected chi connectivity index (χ4v) is 5.64. The molecule has 1 aromatic heterocycles. The van der Waals surface area contributed by atoms with Gasteiger partial charge in [0.25, 0.3) is 0 Å². The first kappa shape index (κ1) is 31.5. The molecule has 0 aliphatic carbocycles. The highest BCUT2D eigenvalue weighted by molar-refractivity contribution is 7.20. The molecule has 0 fully saturated rings. The zero-order valence-electron chi connectivity index (χ0n) is 23.8. The SMILES string of the molecule is COc1c(OCCCOc2cc3cc(C(=O)C[C@H](C)C(=O)O)sc3cc2O)cc2c(c1F)CN(C(=O)C[C@H](C)C(=O)O)C2. The number of hydrogen-bond donors (Lipinski definition) is 3. The molecule has 1 aliphatic heterocycles. The molecule has 0 saturated heterocycles. The Morgan fingerprint density at radius 3 is 2.26 bits per heavy atom. The second kappa shape index (κ2) is 13.3. The highest BCUT2D eigenvalue weighted by Crippen LogP contribution is 2.39. The van der Waals surface area contributed by atoms with Crippen LogP contribution < -0.4 is 14.2 Å². The molecule has 1 aliphatic rings. The van der Waals surface area contributed by atoms with E-state index in [0.29, 0.717) is 32.5 Å². The van der Waals surface area contributed by atoms with Crippen LogP contribution in [-0.2, 0) is 27.5 Å². The Balaban J connectivity index is 1.34. The third kappa shape index (κ3) is 7.16. The van der Waals surface area contributed by atoms with Crippen molar-refractivity contribution in [3.05, 3.63) is 46.1 Å². The third-order valence-corrected chi connectivity index (χ3v) is 8.28. The van der Waals surface area contributed by atoms with E-state index in [-0.39, 0.29) is 73.8 Å². The molecule has 0 radical (unpaired) electrons. The topological polar surface area (TPSA) is 160 Å². The Bertz CT molecular complexity index is 1570. The molecule has 2 aromatic carbocycles. The van der Waals surface area contributed by atoms with Crippen LogP contribution in [0.4, 0.5) is 4.39 Å². The van der Waals surface area contributed by atoms with Crippen molar-refractivity contribution >= 4 is 45.1 Å². The first-order chi connectivity index (χ1) is 20.4. The molecule has 3 N–H and O–H groups in total. The summed E-state index contributed by atoms with van der Waals surface area (Å²) in [6.45, 7) is 3.30. The van der Waals surface area contributed by atoms with Gasteiger partial charge >= 0.3 is 11.9 Å². The summed E-state index contributed by atoms with van der Waals surface area (Å²) in [5.74, 6) is -4.97. The van der Waals surface area contributed by atoms with E-state index in [2.05, 4.69) is 0 Å². The van der Waals surface area contributed by atoms with Crippen LogP contribution in [0.5, 0.6) is 23.0 Å². The second-order valence-electron chi connectivity index (χ2n) is 10.4. The minimum absolute atomic E-state index is 0.00585. The van der Waals surface area contributed by atoms with Crippen molar-refractivity contribution in [2.24, 2.45) is 11.8 Å². The summed E-state index contributed by atoms with van der Waals surface area (Å²) in [4.78, 5) is 49.0. The number of amides is 1. The lowest BCUT2D eigenvalue weighted by Gasteiger charge is -2.16. The zero-order valence-corrected chi connectivity index (χ0v) is 24.7. The summed E-state index contributed by atoms with van der Waals surface area (Å²) >= 11 is 1.16. The average molecular weight is 618 g/mol. The number of carbonyl (C=O) groups is 4. The number of aliphatic carboxylic acids is 2. The fourth-order valence-electron chi connectivity index (χ4n) is 4.61. The highest BCUT2D eigenvalue weighted by atomic mass is 32.1. The van der Waals surface area contributed by atoms with Gasteiger partial charge in [-0.1, -0.05) is 13.8 Å². The van der Waals surface area contributed by atoms with Gasteiger partial charge in [0, 0.05) is 48.7 Å². The summed E-state index contributed by atoms with van der Waals surface area (Å²) < 4.78 is 32.6. The number of halogens is 1. The van der Waals surface area contributed by atoms with Crippen molar-refractivity contribution in [3.63, 3.8) is 0 Å². The van der Waals surface area contributed by atoms with Crippen LogP contribution in [0.3, 0.4) is 0 Å². The number of nitrogens with zero attached hydrogens (tertiary/aromatic N) is 1. The van der Waals surface area contributed by atoms with E-state index in [0.717, 1.165) is 11.3 Å². The van der Waals surface area contributed by atoms with E-state index in [1.807, 2.05) is 0 Å². The van der Waals surface area contributed by atoms with Gasteiger partial charge in [0.2, 0.25) is 5.91 Å². The quantitative estimate of drug-likeness (QED) is 0.169. The van der Waals surface area contributed by atoms with Crippen molar-refractivity contribution in [2.45, 2.75) is 46.2 Å². The predicted molar refractivity (Wildman–Crippen MR) is 153 cm³/mol. The number of phenols is 1. The van der Waals surface area contributed by atoms with E-state index in [1.54, 1.807) is 18.2 Å². The number of rotatable bonds is 14. The number of phenolic OH excluding ortho intramolecular Hbond substituents is 1. The van der Waals surface area contributed by atoms with Gasteiger partial charge in [0.15, 0.2) is 34.6 Å². The Labute approximate surface area is 250 Å². The summed E-state index contributed by atoms with van der Waals surface area (Å²) in [5.41, 5.74) is 0.842. The van der Waals surface area contributed by atoms with E-state index in [4.69, 9.17) is 24.4 Å². The summed E-state index contributed by atoms with van der Waals surface area (Å²) in [6.07, 6.45) is 0.0437. The first-order valence-corrected chi connectivity index (χ1v) is 14.4. The lowest BCUT2D eigenvalue weighted by molar-refractivity contribution is -0.145. The Kier molecular flexibility index (Phi) is 9.74. The maximum atomic E-state index is 15.2. The second-order valence-corrected chi connectivity index (χ2v) is 11.5. The van der Waals surface area contributed by atoms with Crippen LogP contribution in [0.15, 0.2) is 24.3 Å². The maximum absolute atomic E-state index is 15.2. The third-order valence-electron chi connectivity index (χ3n) is 7.14. The molecule has 0 spiro atoms. The molecular formula is C30H32FNO10S. The van der Waals surface area contributed by atoms with Gasteiger partial charge in [-0.25, -0.2) is 4.39 Å². The first-order valence-electron chi connectivity index (χ1n) is 13.6. The molecule has 43 heavy (non-hydrogen) atoms. The zero-order chi connectivity index (χ0) is 31.4. The number of benzene rings is 2. The molecule has 13 heteroatoms. The number of ketones is 1. The number of carboxylic acids is 2. The minimum atomic E-state index is -1.08. The van der Waals surface area contributed by atoms with Crippen molar-refractivity contribution < 1.29 is 53.1 Å². The molecule has 0 saturated carbocycles. The molecule has 3 aromatic rings. The number of methoxy groups -OCH3 is 1. The van der Waals surface area contributed by atoms with Crippen LogP contribution in [0.25, 0.3) is 10.1 Å². The van der Waals surface area contributed by atoms with Crippen molar-refractivity contribution in [1.29, 1.82) is 0 Å². The molecule has 2 atom stereocenters. The van der Waals surface area contributed by atoms with E-state index >= 15 is 4.39 Å². The van der Waals surface area contributed by atoms with Crippen molar-refractivity contribution in [2.75, 3.05) is 20.3 Å². The summed E-state index contributed by atoms with van der Waals surface area (Å²) in [6, 6.07) is 6.33. The van der Waals surface area contributed by atoms with Crippen molar-refractivity contribution in [3.8, 4) is 23.0 Å². The number of aromatic hydroxyl groups is 1. The molecule has 0 bridgehead atoms. The number of fused-ring (bicyclic) bond motifs is 2. The fraction of sp³-hybridized carbons (Fsp3) is 0.400. The Hall–Kier alpha value is -4.39. The largest absolute Gasteiger partial charge is 0.504 e. The van der Waals surface area contributed by atoms with Gasteiger partial charge in [-0.05, 0) is 29.1 Å². The number of thiophene rings is 1. The Morgan fingerprint density at radius 1 is 0.953 bits per heavy atom. The molecule has 1 amide bonds. The summed E-state index contributed by atoms with van der Waals surface area (Å²) in [5, 5.41) is 29.2. The van der Waals surface area contributed by atoms with Crippen LogP contribution in [-0.4, -0.2) is 64.2 Å². The van der Waals surface area contributed by atoms with Gasteiger partial charge in [-0.3, -0.25) is 19.2 Å².